The Hall–Kier alpha value is -2.17. The smallest absolute Gasteiger partial charge is 0.249 e. The lowest BCUT2D eigenvalue weighted by atomic mass is 9.96. The Bertz CT molecular complexity index is 786. The molecule has 0 bridgehead atoms. The van der Waals surface area contributed by atoms with Crippen LogP contribution in [-0.4, -0.2) is 10.2 Å². The van der Waals surface area contributed by atoms with Gasteiger partial charge in [0.2, 0.25) is 11.8 Å². The van der Waals surface area contributed by atoms with E-state index < -0.39 is 0 Å². The van der Waals surface area contributed by atoms with Crippen LogP contribution in [0.5, 0.6) is 0 Å². The predicted octanol–water partition coefficient (Wildman–Crippen LogP) is 4.88. The minimum absolute atomic E-state index is 0.224. The minimum Gasteiger partial charge on any atom is -0.419 e. The molecular weight excluding hydrogens is 322 g/mol. The third-order valence-electron chi connectivity index (χ3n) is 3.87. The van der Waals surface area contributed by atoms with Crippen LogP contribution in [0.2, 0.25) is 5.02 Å². The number of hydrogen-bond donors (Lipinski definition) is 1. The first kappa shape index (κ1) is 16.7. The van der Waals surface area contributed by atoms with Gasteiger partial charge in [0.05, 0.1) is 17.1 Å². The van der Waals surface area contributed by atoms with E-state index in [1.54, 1.807) is 0 Å². The summed E-state index contributed by atoms with van der Waals surface area (Å²) in [7, 11) is 0. The summed E-state index contributed by atoms with van der Waals surface area (Å²) in [6, 6.07) is 18.0. The van der Waals surface area contributed by atoms with Crippen LogP contribution in [0.1, 0.15) is 31.3 Å². The molecule has 0 amide bonds. The number of hydrogen-bond acceptors (Lipinski definition) is 4. The number of aromatic nitrogens is 2. The number of rotatable bonds is 6. The van der Waals surface area contributed by atoms with Crippen molar-refractivity contribution in [1.29, 1.82) is 0 Å². The number of nitrogens with zero attached hydrogens (tertiary/aromatic N) is 2. The molecule has 1 heterocycles. The van der Waals surface area contributed by atoms with E-state index in [2.05, 4.69) is 53.6 Å². The van der Waals surface area contributed by atoms with E-state index in [1.165, 1.54) is 5.56 Å². The first-order valence-electron chi connectivity index (χ1n) is 8.00. The van der Waals surface area contributed by atoms with Crippen molar-refractivity contribution in [1.82, 2.24) is 15.5 Å². The molecule has 3 aromatic rings. The summed E-state index contributed by atoms with van der Waals surface area (Å²) in [5.74, 6) is 1.43. The van der Waals surface area contributed by atoms with Crippen molar-refractivity contribution in [3.05, 3.63) is 71.1 Å². The molecule has 0 unspecified atom stereocenters. The Labute approximate surface area is 146 Å². The molecule has 5 heteroatoms. The summed E-state index contributed by atoms with van der Waals surface area (Å²) in [6.45, 7) is 4.89. The second-order valence-electron chi connectivity index (χ2n) is 5.99. The van der Waals surface area contributed by atoms with Crippen LogP contribution in [0.3, 0.4) is 0 Å². The lowest BCUT2D eigenvalue weighted by Crippen LogP contribution is -2.25. The summed E-state index contributed by atoms with van der Waals surface area (Å²) in [5.41, 5.74) is 2.00. The van der Waals surface area contributed by atoms with Crippen molar-refractivity contribution in [2.75, 3.05) is 0 Å². The standard InChI is InChI=1S/C19H20ClN3O/c1-13(2)18(14-8-4-3-5-9-14)21-12-17-22-23-19(24-17)15-10-6-7-11-16(15)20/h3-11,13,18,21H,12H2,1-2H3/t18-/m0/s1. The summed E-state index contributed by atoms with van der Waals surface area (Å²) in [5, 5.41) is 12.3. The number of benzene rings is 2. The van der Waals surface area contributed by atoms with Crippen molar-refractivity contribution >= 4 is 11.6 Å². The fraction of sp³-hybridized carbons (Fsp3) is 0.263. The van der Waals surface area contributed by atoms with Crippen LogP contribution in [0.15, 0.2) is 59.0 Å². The van der Waals surface area contributed by atoms with E-state index in [0.717, 1.165) is 5.56 Å². The van der Waals surface area contributed by atoms with E-state index in [9.17, 15) is 0 Å². The van der Waals surface area contributed by atoms with Gasteiger partial charge in [0.25, 0.3) is 0 Å². The highest BCUT2D eigenvalue weighted by Crippen LogP contribution is 2.27. The molecule has 0 radical (unpaired) electrons. The van der Waals surface area contributed by atoms with E-state index in [1.807, 2.05) is 30.3 Å². The molecule has 1 N–H and O–H groups in total. The summed E-state index contributed by atoms with van der Waals surface area (Å²) >= 11 is 6.17. The summed E-state index contributed by atoms with van der Waals surface area (Å²) in [4.78, 5) is 0. The van der Waals surface area contributed by atoms with E-state index in [0.29, 0.717) is 29.3 Å². The Morgan fingerprint density at radius 1 is 1.00 bits per heavy atom. The quantitative estimate of drug-likeness (QED) is 0.694. The monoisotopic (exact) mass is 341 g/mol. The lowest BCUT2D eigenvalue weighted by molar-refractivity contribution is 0.380. The van der Waals surface area contributed by atoms with Crippen LogP contribution < -0.4 is 5.32 Å². The third-order valence-corrected chi connectivity index (χ3v) is 4.20. The fourth-order valence-electron chi connectivity index (χ4n) is 2.66. The average molecular weight is 342 g/mol. The molecule has 0 saturated heterocycles. The number of nitrogens with one attached hydrogen (secondary N) is 1. The Balaban J connectivity index is 1.72. The van der Waals surface area contributed by atoms with Gasteiger partial charge in [-0.1, -0.05) is 67.9 Å². The average Bonchev–Trinajstić information content (AvgIpc) is 3.05. The molecule has 0 saturated carbocycles. The predicted molar refractivity (Wildman–Crippen MR) is 95.6 cm³/mol. The molecule has 24 heavy (non-hydrogen) atoms. The van der Waals surface area contributed by atoms with Crippen molar-refractivity contribution in [2.24, 2.45) is 5.92 Å². The zero-order valence-corrected chi connectivity index (χ0v) is 14.5. The molecule has 2 aromatic carbocycles. The molecule has 0 fully saturated rings. The number of halogens is 1. The molecule has 0 aliphatic rings. The Morgan fingerprint density at radius 2 is 1.71 bits per heavy atom. The summed E-state index contributed by atoms with van der Waals surface area (Å²) < 4.78 is 5.75. The molecule has 0 spiro atoms. The molecule has 4 nitrogen and oxygen atoms in total. The van der Waals surface area contributed by atoms with Crippen molar-refractivity contribution in [3.8, 4) is 11.5 Å². The van der Waals surface area contributed by atoms with Gasteiger partial charge in [-0.25, -0.2) is 0 Å². The maximum absolute atomic E-state index is 6.17. The highest BCUT2D eigenvalue weighted by atomic mass is 35.5. The van der Waals surface area contributed by atoms with Gasteiger partial charge in [0.1, 0.15) is 0 Å². The normalized spacial score (nSPS) is 12.5. The zero-order chi connectivity index (χ0) is 16.9. The van der Waals surface area contributed by atoms with Gasteiger partial charge in [-0.3, -0.25) is 0 Å². The van der Waals surface area contributed by atoms with Gasteiger partial charge in [0, 0.05) is 6.04 Å². The van der Waals surface area contributed by atoms with Crippen molar-refractivity contribution in [3.63, 3.8) is 0 Å². The summed E-state index contributed by atoms with van der Waals surface area (Å²) in [6.07, 6.45) is 0. The van der Waals surface area contributed by atoms with Gasteiger partial charge in [0.15, 0.2) is 0 Å². The maximum Gasteiger partial charge on any atom is 0.249 e. The van der Waals surface area contributed by atoms with Crippen LogP contribution in [-0.2, 0) is 6.54 Å². The first-order chi connectivity index (χ1) is 11.6. The highest BCUT2D eigenvalue weighted by Gasteiger charge is 2.17. The first-order valence-corrected chi connectivity index (χ1v) is 8.38. The van der Waals surface area contributed by atoms with Gasteiger partial charge in [-0.15, -0.1) is 10.2 Å². The van der Waals surface area contributed by atoms with E-state index in [-0.39, 0.29) is 6.04 Å². The van der Waals surface area contributed by atoms with Gasteiger partial charge >= 0.3 is 0 Å². The molecule has 3 rings (SSSR count). The molecule has 0 aliphatic heterocycles. The van der Waals surface area contributed by atoms with Crippen LogP contribution in [0.25, 0.3) is 11.5 Å². The Kier molecular flexibility index (Phi) is 5.28. The lowest BCUT2D eigenvalue weighted by Gasteiger charge is -2.22. The van der Waals surface area contributed by atoms with Gasteiger partial charge in [-0.2, -0.15) is 0 Å². The SMILES string of the molecule is CC(C)[C@H](NCc1nnc(-c2ccccc2Cl)o1)c1ccccc1. The second-order valence-corrected chi connectivity index (χ2v) is 6.40. The second kappa shape index (κ2) is 7.60. The van der Waals surface area contributed by atoms with Gasteiger partial charge < -0.3 is 9.73 Å². The molecule has 124 valence electrons. The molecule has 0 aliphatic carbocycles. The van der Waals surface area contributed by atoms with Crippen LogP contribution in [0, 0.1) is 5.92 Å². The molecule has 1 atom stereocenters. The maximum atomic E-state index is 6.17. The Morgan fingerprint density at radius 3 is 2.42 bits per heavy atom. The van der Waals surface area contributed by atoms with Gasteiger partial charge in [-0.05, 0) is 23.6 Å². The zero-order valence-electron chi connectivity index (χ0n) is 13.7. The van der Waals surface area contributed by atoms with Crippen LogP contribution in [0.4, 0.5) is 0 Å². The van der Waals surface area contributed by atoms with Crippen molar-refractivity contribution in [2.45, 2.75) is 26.4 Å². The molecule has 1 aromatic heterocycles. The topological polar surface area (TPSA) is 51.0 Å². The highest BCUT2D eigenvalue weighted by molar-refractivity contribution is 6.33. The van der Waals surface area contributed by atoms with Crippen molar-refractivity contribution < 1.29 is 4.42 Å². The minimum atomic E-state index is 0.224. The fourth-order valence-corrected chi connectivity index (χ4v) is 2.88. The third kappa shape index (κ3) is 3.83. The van der Waals surface area contributed by atoms with Crippen LogP contribution >= 0.6 is 11.6 Å². The van der Waals surface area contributed by atoms with E-state index >= 15 is 0 Å². The van der Waals surface area contributed by atoms with E-state index in [4.69, 9.17) is 16.0 Å². The largest absolute Gasteiger partial charge is 0.419 e. The molecular formula is C19H20ClN3O.